The highest BCUT2D eigenvalue weighted by Gasteiger charge is 2.55. The number of carbonyl (C=O) groups is 2. The molecule has 53 heavy (non-hydrogen) atoms. The fraction of sp³-hybridized carbons (Fsp3) is 0.441. The molecule has 288 valence electrons. The van der Waals surface area contributed by atoms with Gasteiger partial charge in [0.25, 0.3) is 11.8 Å². The van der Waals surface area contributed by atoms with Crippen molar-refractivity contribution in [2.24, 2.45) is 4.99 Å². The Kier molecular flexibility index (Phi) is 11.4. The van der Waals surface area contributed by atoms with Gasteiger partial charge < -0.3 is 30.1 Å². The van der Waals surface area contributed by atoms with Gasteiger partial charge in [-0.1, -0.05) is 6.07 Å². The molecule has 1 spiro atoms. The molecule has 1 saturated carbocycles. The van der Waals surface area contributed by atoms with Gasteiger partial charge in [0.15, 0.2) is 11.6 Å². The van der Waals surface area contributed by atoms with Crippen molar-refractivity contribution in [1.29, 1.82) is 0 Å². The third-order valence-electron chi connectivity index (χ3n) is 9.35. The molecule has 0 aromatic heterocycles. The second-order valence-electron chi connectivity index (χ2n) is 12.6. The lowest BCUT2D eigenvalue weighted by atomic mass is 9.72. The number of halogens is 8. The van der Waals surface area contributed by atoms with E-state index in [0.717, 1.165) is 11.1 Å². The van der Waals surface area contributed by atoms with E-state index in [2.05, 4.69) is 10.3 Å². The number of carbonyl (C=O) groups excluding carboxylic acids is 2. The first-order chi connectivity index (χ1) is 24.9. The number of hydrogen-bond donors (Lipinski definition) is 3. The van der Waals surface area contributed by atoms with Crippen LogP contribution in [0.15, 0.2) is 58.4 Å². The lowest BCUT2D eigenvalue weighted by Gasteiger charge is -2.54. The van der Waals surface area contributed by atoms with E-state index in [1.54, 1.807) is 14.2 Å². The first-order valence-corrected chi connectivity index (χ1v) is 16.3. The van der Waals surface area contributed by atoms with Gasteiger partial charge in [0.2, 0.25) is 5.82 Å². The maximum absolute atomic E-state index is 15.4. The van der Waals surface area contributed by atoms with Crippen molar-refractivity contribution in [3.8, 4) is 5.75 Å². The summed E-state index contributed by atoms with van der Waals surface area (Å²) in [4.78, 5) is 33.4. The first kappa shape index (κ1) is 39.5. The van der Waals surface area contributed by atoms with Gasteiger partial charge in [-0.05, 0) is 56.7 Å². The highest BCUT2D eigenvalue weighted by atomic mass is 19.4. The number of hydrazine groups is 1. The van der Waals surface area contributed by atoms with Gasteiger partial charge in [-0.2, -0.15) is 30.7 Å². The predicted octanol–water partition coefficient (Wildman–Crippen LogP) is 5.30. The topological polar surface area (TPSA) is 119 Å². The van der Waals surface area contributed by atoms with Crippen LogP contribution >= 0.6 is 0 Å². The number of nitrogens with one attached hydrogen (secondary N) is 2. The third kappa shape index (κ3) is 8.11. The molecule has 2 aromatic rings. The Labute approximate surface area is 298 Å². The van der Waals surface area contributed by atoms with Crippen molar-refractivity contribution in [3.05, 3.63) is 81.8 Å². The fourth-order valence-electron chi connectivity index (χ4n) is 6.09. The monoisotopic (exact) mass is 760 g/mol. The van der Waals surface area contributed by atoms with Gasteiger partial charge in [-0.15, -0.1) is 0 Å². The molecule has 1 aliphatic carbocycles. The van der Waals surface area contributed by atoms with Gasteiger partial charge in [0.05, 0.1) is 35.7 Å². The number of aliphatic imine (C=N–C) groups is 1. The molecule has 2 heterocycles. The number of likely N-dealkylation sites (N-methyl/N-ethyl adjacent to an activating group) is 2. The summed E-state index contributed by atoms with van der Waals surface area (Å²) in [6.07, 6.45) is -8.34. The van der Waals surface area contributed by atoms with Crippen LogP contribution in [0.1, 0.15) is 36.0 Å². The molecule has 1 fully saturated rings. The molecule has 3 aliphatic rings. The number of aliphatic hydroxyl groups is 1. The molecule has 0 atom stereocenters. The summed E-state index contributed by atoms with van der Waals surface area (Å²) in [6, 6.07) is 4.25. The Hall–Kier alpha value is -4.75. The Morgan fingerprint density at radius 2 is 1.75 bits per heavy atom. The Morgan fingerprint density at radius 3 is 2.38 bits per heavy atom. The molecule has 3 N–H and O–H groups in total. The van der Waals surface area contributed by atoms with Crippen molar-refractivity contribution in [2.75, 3.05) is 59.5 Å². The van der Waals surface area contributed by atoms with E-state index in [1.165, 1.54) is 24.2 Å². The van der Waals surface area contributed by atoms with Crippen LogP contribution in [-0.4, -0.2) is 103 Å². The number of amides is 2. The SMILES string of the molecule is COCCN(C)CCOc1ccc(CN2C(=O)C(C(=O)Nc3ccc(C(F)(F)F)cc3C3=NCNC(C(F)(F)F)=C3)=C(O)C3(CCC3)N2C)c(F)c1F. The molecule has 19 heteroatoms. The molecule has 2 amide bonds. The van der Waals surface area contributed by atoms with Crippen molar-refractivity contribution in [2.45, 2.75) is 43.7 Å². The van der Waals surface area contributed by atoms with E-state index in [0.29, 0.717) is 44.3 Å². The number of aliphatic hydroxyl groups excluding tert-OH is 1. The van der Waals surface area contributed by atoms with Crippen LogP contribution in [-0.2, 0) is 27.0 Å². The van der Waals surface area contributed by atoms with Gasteiger partial charge in [-0.25, -0.2) is 9.40 Å². The van der Waals surface area contributed by atoms with Crippen molar-refractivity contribution in [1.82, 2.24) is 20.2 Å². The summed E-state index contributed by atoms with van der Waals surface area (Å²) in [6.45, 7) is 0.199. The van der Waals surface area contributed by atoms with Crippen molar-refractivity contribution < 1.29 is 59.3 Å². The zero-order chi connectivity index (χ0) is 38.9. The summed E-state index contributed by atoms with van der Waals surface area (Å²) in [5.41, 5.74) is -6.56. The summed E-state index contributed by atoms with van der Waals surface area (Å²) >= 11 is 0. The second-order valence-corrected chi connectivity index (χ2v) is 12.6. The second kappa shape index (κ2) is 15.3. The summed E-state index contributed by atoms with van der Waals surface area (Å²) in [5.74, 6) is -6.15. The Morgan fingerprint density at radius 1 is 1.06 bits per heavy atom. The molecule has 2 aliphatic heterocycles. The summed E-state index contributed by atoms with van der Waals surface area (Å²) in [7, 11) is 4.76. The number of nitrogens with zero attached hydrogens (tertiary/aromatic N) is 4. The van der Waals surface area contributed by atoms with Crippen LogP contribution in [0, 0.1) is 11.6 Å². The maximum Gasteiger partial charge on any atom is 0.431 e. The molecule has 0 bridgehead atoms. The molecule has 2 aromatic carbocycles. The Balaban J connectivity index is 1.43. The first-order valence-electron chi connectivity index (χ1n) is 16.3. The standard InChI is InChI=1S/C34H36F8N6O5/c1-46(11-13-52-3)12-14-53-24-8-5-19(27(35)28(24)36)17-48-31(51)26(29(49)32(47(48)2)9-4-10-32)30(50)45-22-7-6-20(33(37,38)39)15-21(22)23-16-25(34(40,41)42)44-18-43-23/h5-8,15-16,44,49H,4,9-14,17-18H2,1-3H3,(H,45,50). The average molecular weight is 761 g/mol. The van der Waals surface area contributed by atoms with E-state index in [-0.39, 0.29) is 30.8 Å². The zero-order valence-electron chi connectivity index (χ0n) is 28.7. The zero-order valence-corrected chi connectivity index (χ0v) is 28.7. The molecular formula is C34H36F8N6O5. The van der Waals surface area contributed by atoms with E-state index in [1.807, 2.05) is 10.2 Å². The lowest BCUT2D eigenvalue weighted by Crippen LogP contribution is -2.65. The van der Waals surface area contributed by atoms with Crippen LogP contribution in [0.25, 0.3) is 0 Å². The van der Waals surface area contributed by atoms with Crippen LogP contribution in [0.5, 0.6) is 5.75 Å². The molecule has 0 unspecified atom stereocenters. The normalized spacial score (nSPS) is 17.8. The smallest absolute Gasteiger partial charge is 0.431 e. The highest BCUT2D eigenvalue weighted by molar-refractivity contribution is 6.25. The fourth-order valence-corrected chi connectivity index (χ4v) is 6.09. The minimum absolute atomic E-state index is 0.0268. The highest BCUT2D eigenvalue weighted by Crippen LogP contribution is 2.47. The van der Waals surface area contributed by atoms with E-state index in [9.17, 15) is 41.0 Å². The largest absolute Gasteiger partial charge is 0.509 e. The number of benzene rings is 2. The number of hydrogen-bond acceptors (Lipinski definition) is 9. The van der Waals surface area contributed by atoms with Crippen LogP contribution in [0.3, 0.4) is 0 Å². The molecule has 0 radical (unpaired) electrons. The maximum atomic E-state index is 15.4. The summed E-state index contributed by atoms with van der Waals surface area (Å²) in [5, 5.41) is 17.9. The quantitative estimate of drug-likeness (QED) is 0.197. The van der Waals surface area contributed by atoms with E-state index in [4.69, 9.17) is 9.47 Å². The van der Waals surface area contributed by atoms with Crippen LogP contribution in [0.2, 0.25) is 0 Å². The van der Waals surface area contributed by atoms with Crippen molar-refractivity contribution in [3.63, 3.8) is 0 Å². The lowest BCUT2D eigenvalue weighted by molar-refractivity contribution is -0.172. The third-order valence-corrected chi connectivity index (χ3v) is 9.35. The van der Waals surface area contributed by atoms with E-state index < -0.39 is 94.1 Å². The number of methoxy groups -OCH3 is 1. The molecule has 11 nitrogen and oxygen atoms in total. The molecule has 5 rings (SSSR count). The number of anilines is 1. The number of allylic oxidation sites excluding steroid dienone is 2. The van der Waals surface area contributed by atoms with Gasteiger partial charge >= 0.3 is 12.4 Å². The number of alkyl halides is 6. The molecule has 0 saturated heterocycles. The van der Waals surface area contributed by atoms with Crippen LogP contribution in [0.4, 0.5) is 40.8 Å². The minimum atomic E-state index is -4.93. The average Bonchev–Trinajstić information content (AvgIpc) is 3.07. The summed E-state index contributed by atoms with van der Waals surface area (Å²) < 4.78 is 122. The van der Waals surface area contributed by atoms with E-state index >= 15 is 8.78 Å². The minimum Gasteiger partial charge on any atom is -0.509 e. The van der Waals surface area contributed by atoms with Crippen LogP contribution < -0.4 is 15.4 Å². The molecular weight excluding hydrogens is 724 g/mol. The van der Waals surface area contributed by atoms with Gasteiger partial charge in [-0.3, -0.25) is 19.6 Å². The van der Waals surface area contributed by atoms with Gasteiger partial charge in [0.1, 0.15) is 30.3 Å². The van der Waals surface area contributed by atoms with Gasteiger partial charge in [0, 0.05) is 38.4 Å². The number of ether oxygens (including phenoxy) is 2. The van der Waals surface area contributed by atoms with Crippen molar-refractivity contribution >= 4 is 23.2 Å². The predicted molar refractivity (Wildman–Crippen MR) is 175 cm³/mol. The number of rotatable bonds is 12. The Bertz CT molecular complexity index is 1840.